The van der Waals surface area contributed by atoms with Crippen molar-refractivity contribution in [3.63, 3.8) is 0 Å². The number of para-hydroxylation sites is 1. The second-order valence-corrected chi connectivity index (χ2v) is 6.36. The lowest BCUT2D eigenvalue weighted by atomic mass is 10.0. The Bertz CT molecular complexity index is 879. The van der Waals surface area contributed by atoms with Crippen molar-refractivity contribution < 1.29 is 13.5 Å². The Hall–Kier alpha value is -2.18. The van der Waals surface area contributed by atoms with Crippen LogP contribution in [0.2, 0.25) is 0 Å². The van der Waals surface area contributed by atoms with Crippen LogP contribution >= 0.6 is 12.4 Å². The Morgan fingerprint density at radius 1 is 1.15 bits per heavy atom. The van der Waals surface area contributed by atoms with E-state index in [0.29, 0.717) is 29.3 Å². The molecule has 1 fully saturated rings. The molecule has 7 heteroatoms. The smallest absolute Gasteiger partial charge is 0.241 e. The van der Waals surface area contributed by atoms with Gasteiger partial charge in [0.2, 0.25) is 5.88 Å². The van der Waals surface area contributed by atoms with Crippen LogP contribution in [-0.2, 0) is 0 Å². The highest BCUT2D eigenvalue weighted by Crippen LogP contribution is 2.30. The zero-order chi connectivity index (χ0) is 17.2. The van der Waals surface area contributed by atoms with Crippen molar-refractivity contribution >= 4 is 23.3 Å². The van der Waals surface area contributed by atoms with E-state index in [2.05, 4.69) is 10.4 Å². The number of aromatic nitrogens is 2. The maximum atomic E-state index is 13.8. The van der Waals surface area contributed by atoms with E-state index in [1.54, 1.807) is 4.68 Å². The first-order valence-electron chi connectivity index (χ1n) is 8.49. The summed E-state index contributed by atoms with van der Waals surface area (Å²) < 4.78 is 35.0. The summed E-state index contributed by atoms with van der Waals surface area (Å²) in [6.07, 6.45) is 2.21. The van der Waals surface area contributed by atoms with Gasteiger partial charge in [-0.25, -0.2) is 13.5 Å². The summed E-state index contributed by atoms with van der Waals surface area (Å²) >= 11 is 0. The molecule has 2 aromatic carbocycles. The summed E-state index contributed by atoms with van der Waals surface area (Å²) in [7, 11) is 0. The van der Waals surface area contributed by atoms with Crippen LogP contribution in [0, 0.1) is 17.6 Å². The molecule has 3 aromatic rings. The number of ether oxygens (including phenoxy) is 1. The topological polar surface area (TPSA) is 39.1 Å². The monoisotopic (exact) mass is 379 g/mol. The van der Waals surface area contributed by atoms with Crippen molar-refractivity contribution in [3.05, 3.63) is 54.1 Å². The predicted molar refractivity (Wildman–Crippen MR) is 99.3 cm³/mol. The summed E-state index contributed by atoms with van der Waals surface area (Å²) in [5, 5.41) is 8.29. The van der Waals surface area contributed by atoms with E-state index in [0.717, 1.165) is 37.7 Å². The first kappa shape index (κ1) is 18.6. The van der Waals surface area contributed by atoms with Gasteiger partial charge in [-0.15, -0.1) is 17.5 Å². The van der Waals surface area contributed by atoms with Crippen LogP contribution in [0.5, 0.6) is 5.88 Å². The molecule has 0 radical (unpaired) electrons. The van der Waals surface area contributed by atoms with E-state index in [-0.39, 0.29) is 12.4 Å². The Morgan fingerprint density at radius 2 is 1.92 bits per heavy atom. The molecular weight excluding hydrogens is 360 g/mol. The Morgan fingerprint density at radius 3 is 2.65 bits per heavy atom. The maximum absolute atomic E-state index is 13.8. The molecule has 4 nitrogen and oxygen atoms in total. The average Bonchev–Trinajstić information content (AvgIpc) is 2.99. The quantitative estimate of drug-likeness (QED) is 0.741. The fourth-order valence-corrected chi connectivity index (χ4v) is 3.22. The molecule has 1 saturated heterocycles. The van der Waals surface area contributed by atoms with Crippen LogP contribution in [0.15, 0.2) is 42.5 Å². The van der Waals surface area contributed by atoms with Gasteiger partial charge in [0.05, 0.1) is 23.2 Å². The van der Waals surface area contributed by atoms with E-state index in [1.165, 1.54) is 6.07 Å². The first-order valence-corrected chi connectivity index (χ1v) is 8.49. The molecule has 1 atom stereocenters. The minimum atomic E-state index is -0.899. The number of nitrogens with zero attached hydrogens (tertiary/aromatic N) is 2. The Labute approximate surface area is 156 Å². The average molecular weight is 380 g/mol. The van der Waals surface area contributed by atoms with Crippen LogP contribution in [0.1, 0.15) is 12.8 Å². The number of hydrogen-bond donors (Lipinski definition) is 1. The van der Waals surface area contributed by atoms with Gasteiger partial charge in [-0.1, -0.05) is 18.2 Å². The number of benzene rings is 2. The van der Waals surface area contributed by atoms with Crippen LogP contribution in [-0.4, -0.2) is 29.5 Å². The molecule has 26 heavy (non-hydrogen) atoms. The van der Waals surface area contributed by atoms with Crippen molar-refractivity contribution in [1.82, 2.24) is 15.1 Å². The highest BCUT2D eigenvalue weighted by Gasteiger charge is 2.19. The fraction of sp³-hybridized carbons (Fsp3) is 0.316. The van der Waals surface area contributed by atoms with E-state index < -0.39 is 11.6 Å². The van der Waals surface area contributed by atoms with Gasteiger partial charge < -0.3 is 10.1 Å². The molecule has 0 amide bonds. The van der Waals surface area contributed by atoms with Crippen molar-refractivity contribution in [2.45, 2.75) is 12.8 Å². The lowest BCUT2D eigenvalue weighted by molar-refractivity contribution is 0.213. The second kappa shape index (κ2) is 8.01. The molecule has 0 aliphatic carbocycles. The van der Waals surface area contributed by atoms with E-state index >= 15 is 0 Å². The van der Waals surface area contributed by atoms with Crippen LogP contribution in [0.3, 0.4) is 0 Å². The van der Waals surface area contributed by atoms with Gasteiger partial charge in [0.25, 0.3) is 0 Å². The molecule has 0 bridgehead atoms. The number of halogens is 3. The van der Waals surface area contributed by atoms with Gasteiger partial charge in [0.15, 0.2) is 11.6 Å². The van der Waals surface area contributed by atoms with E-state index in [4.69, 9.17) is 4.74 Å². The number of hydrogen-bond acceptors (Lipinski definition) is 3. The van der Waals surface area contributed by atoms with Crippen LogP contribution < -0.4 is 10.1 Å². The predicted octanol–water partition coefficient (Wildman–Crippen LogP) is 4.10. The Balaban J connectivity index is 0.00000196. The maximum Gasteiger partial charge on any atom is 0.241 e. The highest BCUT2D eigenvalue weighted by atomic mass is 35.5. The fourth-order valence-electron chi connectivity index (χ4n) is 3.22. The normalized spacial score (nSPS) is 17.1. The van der Waals surface area contributed by atoms with E-state index in [9.17, 15) is 8.78 Å². The van der Waals surface area contributed by atoms with E-state index in [1.807, 2.05) is 30.3 Å². The van der Waals surface area contributed by atoms with Crippen LogP contribution in [0.25, 0.3) is 16.6 Å². The molecule has 1 N–H and O–H groups in total. The molecule has 1 unspecified atom stereocenters. The summed E-state index contributed by atoms with van der Waals surface area (Å²) in [6, 6.07) is 11.7. The third kappa shape index (κ3) is 3.66. The lowest BCUT2D eigenvalue weighted by Crippen LogP contribution is -2.33. The van der Waals surface area contributed by atoms with Crippen molar-refractivity contribution in [1.29, 1.82) is 0 Å². The summed E-state index contributed by atoms with van der Waals surface area (Å²) in [5.41, 5.74) is 1.26. The molecule has 0 spiro atoms. The van der Waals surface area contributed by atoms with Crippen molar-refractivity contribution in [3.8, 4) is 11.6 Å². The van der Waals surface area contributed by atoms with Gasteiger partial charge in [0.1, 0.15) is 0 Å². The lowest BCUT2D eigenvalue weighted by Gasteiger charge is -2.22. The summed E-state index contributed by atoms with van der Waals surface area (Å²) in [5.74, 6) is -1.06. The molecule has 1 aliphatic heterocycles. The number of rotatable bonds is 4. The van der Waals surface area contributed by atoms with Gasteiger partial charge in [-0.2, -0.15) is 0 Å². The third-order valence-electron chi connectivity index (χ3n) is 4.54. The van der Waals surface area contributed by atoms with Crippen LogP contribution in [0.4, 0.5) is 8.78 Å². The molecule has 2 heterocycles. The zero-order valence-electron chi connectivity index (χ0n) is 14.1. The van der Waals surface area contributed by atoms with Crippen molar-refractivity contribution in [2.24, 2.45) is 5.92 Å². The SMILES string of the molecule is Cl.Fc1cc2c(OCC3CCCNC3)nn(-c3ccccc3)c2cc1F. The molecule has 1 aromatic heterocycles. The molecule has 4 rings (SSSR count). The minimum Gasteiger partial charge on any atom is -0.476 e. The molecule has 0 saturated carbocycles. The minimum absolute atomic E-state index is 0. The number of piperidine rings is 1. The molecule has 1 aliphatic rings. The van der Waals surface area contributed by atoms with Gasteiger partial charge in [0, 0.05) is 18.5 Å². The molecule has 138 valence electrons. The van der Waals surface area contributed by atoms with Crippen molar-refractivity contribution in [2.75, 3.05) is 19.7 Å². The number of nitrogens with one attached hydrogen (secondary N) is 1. The Kier molecular flexibility index (Phi) is 5.74. The molecular formula is C19H20ClF2N3O. The largest absolute Gasteiger partial charge is 0.476 e. The highest BCUT2D eigenvalue weighted by molar-refractivity contribution is 5.86. The first-order chi connectivity index (χ1) is 12.2. The van der Waals surface area contributed by atoms with Gasteiger partial charge >= 0.3 is 0 Å². The number of fused-ring (bicyclic) bond motifs is 1. The van der Waals surface area contributed by atoms with Gasteiger partial charge in [-0.3, -0.25) is 0 Å². The summed E-state index contributed by atoms with van der Waals surface area (Å²) in [6.45, 7) is 2.44. The zero-order valence-corrected chi connectivity index (χ0v) is 14.9. The van der Waals surface area contributed by atoms with Gasteiger partial charge in [-0.05, 0) is 37.6 Å². The second-order valence-electron chi connectivity index (χ2n) is 6.36. The standard InChI is InChI=1S/C19H19F2N3O.ClH/c20-16-9-15-18(10-17(16)21)24(14-6-2-1-3-7-14)23-19(15)25-12-13-5-4-8-22-11-13;/h1-3,6-7,9-10,13,22H,4-5,8,11-12H2;1H. The third-order valence-corrected chi connectivity index (χ3v) is 4.54. The summed E-state index contributed by atoms with van der Waals surface area (Å²) in [4.78, 5) is 0.